The molecule has 0 aliphatic carbocycles. The largest absolute Gasteiger partial charge is 0.369 e. The Morgan fingerprint density at radius 1 is 1.31 bits per heavy atom. The van der Waals surface area contributed by atoms with Gasteiger partial charge in [0.25, 0.3) is 0 Å². The summed E-state index contributed by atoms with van der Waals surface area (Å²) in [5.74, 6) is 1.64. The van der Waals surface area contributed by atoms with Gasteiger partial charge in [-0.05, 0) is 23.4 Å². The Balaban J connectivity index is 2.31. The molecule has 3 nitrogen and oxygen atoms in total. The van der Waals surface area contributed by atoms with E-state index in [2.05, 4.69) is 36.2 Å². The second-order valence-electron chi connectivity index (χ2n) is 3.52. The molecule has 1 aromatic heterocycles. The standard InChI is InChI=1S/C12H15N3S/c1-3-16-10-6-4-9(5-7-10)11-8-14-12(13)15(11)2/h4-8H,3H2,1-2H3,(H2,13,14). The highest BCUT2D eigenvalue weighted by atomic mass is 32.2. The van der Waals surface area contributed by atoms with E-state index < -0.39 is 0 Å². The van der Waals surface area contributed by atoms with Crippen molar-refractivity contribution < 1.29 is 0 Å². The summed E-state index contributed by atoms with van der Waals surface area (Å²) < 4.78 is 1.89. The third-order valence-corrected chi connectivity index (χ3v) is 3.38. The third-order valence-electron chi connectivity index (χ3n) is 2.49. The first-order valence-electron chi connectivity index (χ1n) is 5.22. The van der Waals surface area contributed by atoms with Crippen LogP contribution >= 0.6 is 11.8 Å². The third kappa shape index (κ3) is 2.07. The van der Waals surface area contributed by atoms with Gasteiger partial charge in [0.2, 0.25) is 0 Å². The maximum Gasteiger partial charge on any atom is 0.200 e. The topological polar surface area (TPSA) is 43.8 Å². The molecule has 0 aliphatic rings. The first kappa shape index (κ1) is 11.1. The van der Waals surface area contributed by atoms with Crippen LogP contribution in [-0.4, -0.2) is 15.3 Å². The van der Waals surface area contributed by atoms with Crippen molar-refractivity contribution >= 4 is 17.7 Å². The highest BCUT2D eigenvalue weighted by molar-refractivity contribution is 7.99. The monoisotopic (exact) mass is 233 g/mol. The molecule has 2 N–H and O–H groups in total. The maximum atomic E-state index is 5.70. The summed E-state index contributed by atoms with van der Waals surface area (Å²) in [6.07, 6.45) is 1.80. The van der Waals surface area contributed by atoms with E-state index >= 15 is 0 Å². The lowest BCUT2D eigenvalue weighted by Gasteiger charge is -2.04. The fourth-order valence-electron chi connectivity index (χ4n) is 1.58. The zero-order valence-corrected chi connectivity index (χ0v) is 10.3. The molecular formula is C12H15N3S. The Bertz CT molecular complexity index is 474. The van der Waals surface area contributed by atoms with Gasteiger partial charge in [-0.25, -0.2) is 4.98 Å². The smallest absolute Gasteiger partial charge is 0.200 e. The average Bonchev–Trinajstić information content (AvgIpc) is 2.62. The minimum absolute atomic E-state index is 0.544. The zero-order valence-electron chi connectivity index (χ0n) is 9.47. The molecule has 16 heavy (non-hydrogen) atoms. The number of anilines is 1. The van der Waals surface area contributed by atoms with Gasteiger partial charge in [-0.1, -0.05) is 19.1 Å². The van der Waals surface area contributed by atoms with E-state index in [0.717, 1.165) is 17.0 Å². The lowest BCUT2D eigenvalue weighted by atomic mass is 10.2. The molecule has 0 saturated heterocycles. The fraction of sp³-hybridized carbons (Fsp3) is 0.250. The van der Waals surface area contributed by atoms with Gasteiger partial charge in [-0.2, -0.15) is 0 Å². The van der Waals surface area contributed by atoms with E-state index in [1.54, 1.807) is 6.20 Å². The summed E-state index contributed by atoms with van der Waals surface area (Å²) in [5, 5.41) is 0. The van der Waals surface area contributed by atoms with Crippen LogP contribution in [0, 0.1) is 0 Å². The highest BCUT2D eigenvalue weighted by Gasteiger charge is 2.05. The SMILES string of the molecule is CCSc1ccc(-c2cnc(N)n2C)cc1. The summed E-state index contributed by atoms with van der Waals surface area (Å²) in [4.78, 5) is 5.38. The van der Waals surface area contributed by atoms with Gasteiger partial charge in [0.05, 0.1) is 11.9 Å². The molecule has 2 rings (SSSR count). The zero-order chi connectivity index (χ0) is 11.5. The Morgan fingerprint density at radius 3 is 2.50 bits per heavy atom. The molecule has 0 spiro atoms. The van der Waals surface area contributed by atoms with Crippen molar-refractivity contribution in [1.82, 2.24) is 9.55 Å². The summed E-state index contributed by atoms with van der Waals surface area (Å²) in [5.41, 5.74) is 7.90. The van der Waals surface area contributed by atoms with Crippen LogP contribution in [0.5, 0.6) is 0 Å². The van der Waals surface area contributed by atoms with Crippen LogP contribution in [0.4, 0.5) is 5.95 Å². The molecule has 0 radical (unpaired) electrons. The number of thioether (sulfide) groups is 1. The van der Waals surface area contributed by atoms with Crippen molar-refractivity contribution in [3.8, 4) is 11.3 Å². The van der Waals surface area contributed by atoms with Crippen LogP contribution in [0.2, 0.25) is 0 Å². The Morgan fingerprint density at radius 2 is 2.00 bits per heavy atom. The maximum absolute atomic E-state index is 5.70. The van der Waals surface area contributed by atoms with E-state index in [0.29, 0.717) is 5.95 Å². The second-order valence-corrected chi connectivity index (χ2v) is 4.86. The van der Waals surface area contributed by atoms with Gasteiger partial charge in [-0.15, -0.1) is 11.8 Å². The minimum atomic E-state index is 0.544. The number of nitrogen functional groups attached to an aromatic ring is 1. The van der Waals surface area contributed by atoms with Gasteiger partial charge < -0.3 is 10.3 Å². The first-order chi connectivity index (χ1) is 7.72. The molecule has 0 amide bonds. The van der Waals surface area contributed by atoms with E-state index in [-0.39, 0.29) is 0 Å². The molecule has 0 saturated carbocycles. The Hall–Kier alpha value is -1.42. The van der Waals surface area contributed by atoms with Crippen molar-refractivity contribution in [2.75, 3.05) is 11.5 Å². The number of imidazole rings is 1. The molecule has 1 aromatic carbocycles. The van der Waals surface area contributed by atoms with Crippen LogP contribution in [0.3, 0.4) is 0 Å². The summed E-state index contributed by atoms with van der Waals surface area (Å²) in [6, 6.07) is 8.47. The van der Waals surface area contributed by atoms with Crippen LogP contribution in [0.25, 0.3) is 11.3 Å². The predicted molar refractivity (Wildman–Crippen MR) is 69.5 cm³/mol. The predicted octanol–water partition coefficient (Wildman–Crippen LogP) is 2.78. The highest BCUT2D eigenvalue weighted by Crippen LogP contribution is 2.24. The first-order valence-corrected chi connectivity index (χ1v) is 6.21. The molecule has 0 aliphatic heterocycles. The van der Waals surface area contributed by atoms with E-state index in [1.807, 2.05) is 23.4 Å². The van der Waals surface area contributed by atoms with Crippen LogP contribution < -0.4 is 5.73 Å². The molecule has 1 heterocycles. The number of nitrogens with zero attached hydrogens (tertiary/aromatic N) is 2. The van der Waals surface area contributed by atoms with E-state index in [9.17, 15) is 0 Å². The molecular weight excluding hydrogens is 218 g/mol. The fourth-order valence-corrected chi connectivity index (χ4v) is 2.24. The molecule has 84 valence electrons. The number of aromatic nitrogens is 2. The lowest BCUT2D eigenvalue weighted by Crippen LogP contribution is -1.98. The summed E-state index contributed by atoms with van der Waals surface area (Å²) in [6.45, 7) is 2.15. The minimum Gasteiger partial charge on any atom is -0.369 e. The molecule has 0 fully saturated rings. The number of benzene rings is 1. The van der Waals surface area contributed by atoms with Gasteiger partial charge in [0, 0.05) is 11.9 Å². The summed E-state index contributed by atoms with van der Waals surface area (Å²) in [7, 11) is 1.92. The lowest BCUT2D eigenvalue weighted by molar-refractivity contribution is 0.938. The van der Waals surface area contributed by atoms with Crippen molar-refractivity contribution in [2.24, 2.45) is 7.05 Å². The Labute approximate surface area is 99.7 Å². The molecule has 0 bridgehead atoms. The van der Waals surface area contributed by atoms with Crippen molar-refractivity contribution in [1.29, 1.82) is 0 Å². The van der Waals surface area contributed by atoms with Gasteiger partial charge in [0.1, 0.15) is 0 Å². The average molecular weight is 233 g/mol. The second kappa shape index (κ2) is 4.61. The van der Waals surface area contributed by atoms with Gasteiger partial charge >= 0.3 is 0 Å². The number of hydrogen-bond acceptors (Lipinski definition) is 3. The van der Waals surface area contributed by atoms with Crippen molar-refractivity contribution in [2.45, 2.75) is 11.8 Å². The van der Waals surface area contributed by atoms with Crippen LogP contribution in [0.1, 0.15) is 6.92 Å². The van der Waals surface area contributed by atoms with E-state index in [1.165, 1.54) is 4.90 Å². The van der Waals surface area contributed by atoms with Crippen molar-refractivity contribution in [3.05, 3.63) is 30.5 Å². The van der Waals surface area contributed by atoms with Gasteiger partial charge in [-0.3, -0.25) is 0 Å². The molecule has 0 atom stereocenters. The Kier molecular flexibility index (Phi) is 3.19. The van der Waals surface area contributed by atoms with Gasteiger partial charge in [0.15, 0.2) is 5.95 Å². The normalized spacial score (nSPS) is 10.6. The van der Waals surface area contributed by atoms with Crippen LogP contribution in [0.15, 0.2) is 35.4 Å². The quantitative estimate of drug-likeness (QED) is 0.829. The van der Waals surface area contributed by atoms with Crippen LogP contribution in [-0.2, 0) is 7.05 Å². The molecule has 4 heteroatoms. The number of hydrogen-bond donors (Lipinski definition) is 1. The number of nitrogens with two attached hydrogens (primary N) is 1. The number of rotatable bonds is 3. The summed E-state index contributed by atoms with van der Waals surface area (Å²) >= 11 is 1.84. The van der Waals surface area contributed by atoms with Crippen molar-refractivity contribution in [3.63, 3.8) is 0 Å². The van der Waals surface area contributed by atoms with E-state index in [4.69, 9.17) is 5.73 Å². The molecule has 2 aromatic rings. The molecule has 0 unspecified atom stereocenters.